The Hall–Kier alpha value is -0.450. The van der Waals surface area contributed by atoms with Gasteiger partial charge < -0.3 is 5.73 Å². The van der Waals surface area contributed by atoms with Crippen LogP contribution in [0, 0.1) is 0 Å². The van der Waals surface area contributed by atoms with Gasteiger partial charge in [0.1, 0.15) is 6.17 Å². The lowest BCUT2D eigenvalue weighted by atomic mass is 10.2. The van der Waals surface area contributed by atoms with E-state index in [1.54, 1.807) is 0 Å². The minimum Gasteiger partial charge on any atom is -0.327 e. The summed E-state index contributed by atoms with van der Waals surface area (Å²) in [6, 6.07) is 1.31. The molecule has 0 amide bonds. The minimum absolute atomic E-state index is 0.00245. The molecule has 1 unspecified atom stereocenters. The van der Waals surface area contributed by atoms with Crippen molar-refractivity contribution in [1.29, 1.82) is 0 Å². The summed E-state index contributed by atoms with van der Waals surface area (Å²) in [6.45, 7) is -0.151. The average molecular weight is 210 g/mol. The largest absolute Gasteiger partial charge is 0.327 e. The van der Waals surface area contributed by atoms with Gasteiger partial charge in [-0.2, -0.15) is 0 Å². The molecular weight excluding hydrogens is 204 g/mol. The first kappa shape index (κ1) is 9.64. The molecule has 0 aliphatic heterocycles. The van der Waals surface area contributed by atoms with Gasteiger partial charge in [-0.3, -0.25) is 0 Å². The molecule has 3 nitrogen and oxygen atoms in total. The van der Waals surface area contributed by atoms with Crippen molar-refractivity contribution in [1.82, 2.24) is 10.2 Å². The Kier molecular flexibility index (Phi) is 3.20. The molecule has 0 bridgehead atoms. The number of halogens is 3. The standard InChI is InChI=1S/C6H6Cl2FN3/c7-5-1-3(4(9)2-10)6(8)12-11-5/h1,4H,2,10H2. The summed E-state index contributed by atoms with van der Waals surface area (Å²) in [7, 11) is 0. The Bertz CT molecular complexity index is 281. The summed E-state index contributed by atoms with van der Waals surface area (Å²) in [5.74, 6) is 0. The summed E-state index contributed by atoms with van der Waals surface area (Å²) < 4.78 is 13.0. The number of hydrogen-bond acceptors (Lipinski definition) is 3. The molecular formula is C6H6Cl2FN3. The maximum absolute atomic E-state index is 13.0. The molecule has 66 valence electrons. The molecule has 6 heteroatoms. The van der Waals surface area contributed by atoms with Crippen molar-refractivity contribution in [2.45, 2.75) is 6.17 Å². The predicted molar refractivity (Wildman–Crippen MR) is 45.0 cm³/mol. The number of hydrogen-bond donors (Lipinski definition) is 1. The fourth-order valence-corrected chi connectivity index (χ4v) is 1.08. The molecule has 0 radical (unpaired) electrons. The fraction of sp³-hybridized carbons (Fsp3) is 0.333. The van der Waals surface area contributed by atoms with E-state index >= 15 is 0 Å². The summed E-state index contributed by atoms with van der Waals surface area (Å²) >= 11 is 11.0. The summed E-state index contributed by atoms with van der Waals surface area (Å²) in [4.78, 5) is 0. The highest BCUT2D eigenvalue weighted by molar-refractivity contribution is 6.31. The fourth-order valence-electron chi connectivity index (χ4n) is 0.713. The van der Waals surface area contributed by atoms with Crippen molar-refractivity contribution in [2.24, 2.45) is 5.73 Å². The second-order valence-electron chi connectivity index (χ2n) is 2.12. The number of nitrogens with zero attached hydrogens (tertiary/aromatic N) is 2. The minimum atomic E-state index is -1.34. The second kappa shape index (κ2) is 3.98. The molecule has 0 aliphatic carbocycles. The molecule has 1 aromatic heterocycles. The van der Waals surface area contributed by atoms with Gasteiger partial charge in [0.15, 0.2) is 10.3 Å². The van der Waals surface area contributed by atoms with E-state index in [2.05, 4.69) is 10.2 Å². The lowest BCUT2D eigenvalue weighted by Gasteiger charge is -2.05. The first-order chi connectivity index (χ1) is 5.65. The van der Waals surface area contributed by atoms with E-state index in [1.165, 1.54) is 6.07 Å². The van der Waals surface area contributed by atoms with Gasteiger partial charge in [0, 0.05) is 12.1 Å². The molecule has 12 heavy (non-hydrogen) atoms. The van der Waals surface area contributed by atoms with Gasteiger partial charge in [0.2, 0.25) is 0 Å². The van der Waals surface area contributed by atoms with E-state index in [0.717, 1.165) is 0 Å². The van der Waals surface area contributed by atoms with Crippen LogP contribution in [-0.2, 0) is 0 Å². The highest BCUT2D eigenvalue weighted by atomic mass is 35.5. The van der Waals surface area contributed by atoms with Crippen LogP contribution in [0.1, 0.15) is 11.7 Å². The lowest BCUT2D eigenvalue weighted by Crippen LogP contribution is -2.09. The maximum atomic E-state index is 13.0. The Morgan fingerprint density at radius 2 is 2.17 bits per heavy atom. The van der Waals surface area contributed by atoms with Crippen LogP contribution < -0.4 is 5.73 Å². The van der Waals surface area contributed by atoms with E-state index in [0.29, 0.717) is 0 Å². The summed E-state index contributed by atoms with van der Waals surface area (Å²) in [6.07, 6.45) is -1.34. The van der Waals surface area contributed by atoms with Gasteiger partial charge >= 0.3 is 0 Å². The van der Waals surface area contributed by atoms with Gasteiger partial charge in [-0.15, -0.1) is 10.2 Å². The van der Waals surface area contributed by atoms with Crippen molar-refractivity contribution in [3.63, 3.8) is 0 Å². The molecule has 1 heterocycles. The van der Waals surface area contributed by atoms with Gasteiger partial charge in [-0.1, -0.05) is 23.2 Å². The Morgan fingerprint density at radius 1 is 1.50 bits per heavy atom. The average Bonchev–Trinajstić information content (AvgIpc) is 2.08. The Balaban J connectivity index is 3.04. The van der Waals surface area contributed by atoms with Crippen LogP contribution >= 0.6 is 23.2 Å². The second-order valence-corrected chi connectivity index (χ2v) is 2.86. The van der Waals surface area contributed by atoms with Crippen LogP contribution in [0.3, 0.4) is 0 Å². The molecule has 0 saturated carbocycles. The normalized spacial score (nSPS) is 13.0. The maximum Gasteiger partial charge on any atom is 0.157 e. The van der Waals surface area contributed by atoms with Crippen molar-refractivity contribution in [2.75, 3.05) is 6.54 Å². The third-order valence-electron chi connectivity index (χ3n) is 1.29. The van der Waals surface area contributed by atoms with Gasteiger partial charge in [0.05, 0.1) is 0 Å². The van der Waals surface area contributed by atoms with Crippen molar-refractivity contribution in [3.05, 3.63) is 21.9 Å². The number of rotatable bonds is 2. The predicted octanol–water partition coefficient (Wildman–Crippen LogP) is 1.75. The van der Waals surface area contributed by atoms with E-state index < -0.39 is 6.17 Å². The monoisotopic (exact) mass is 209 g/mol. The number of alkyl halides is 1. The molecule has 1 aromatic rings. The van der Waals surface area contributed by atoms with E-state index in [9.17, 15) is 4.39 Å². The molecule has 0 fully saturated rings. The highest BCUT2D eigenvalue weighted by Crippen LogP contribution is 2.24. The molecule has 0 spiro atoms. The molecule has 0 aromatic carbocycles. The summed E-state index contributed by atoms with van der Waals surface area (Å²) in [5, 5.41) is 6.97. The SMILES string of the molecule is NCC(F)c1cc(Cl)nnc1Cl. The number of nitrogens with two attached hydrogens (primary N) is 1. The molecule has 2 N–H and O–H groups in total. The van der Waals surface area contributed by atoms with Crippen molar-refractivity contribution in [3.8, 4) is 0 Å². The van der Waals surface area contributed by atoms with Crippen LogP contribution in [-0.4, -0.2) is 16.7 Å². The third-order valence-corrected chi connectivity index (χ3v) is 1.77. The Labute approximate surface area is 78.7 Å². The summed E-state index contributed by atoms with van der Waals surface area (Å²) in [5.41, 5.74) is 5.28. The first-order valence-electron chi connectivity index (χ1n) is 3.18. The van der Waals surface area contributed by atoms with Gasteiger partial charge in [-0.05, 0) is 6.07 Å². The van der Waals surface area contributed by atoms with Crippen LogP contribution in [0.2, 0.25) is 10.3 Å². The first-order valence-corrected chi connectivity index (χ1v) is 3.93. The smallest absolute Gasteiger partial charge is 0.157 e. The van der Waals surface area contributed by atoms with E-state index in [1.807, 2.05) is 0 Å². The third kappa shape index (κ3) is 2.03. The van der Waals surface area contributed by atoms with Crippen LogP contribution in [0.25, 0.3) is 0 Å². The zero-order valence-electron chi connectivity index (χ0n) is 5.97. The zero-order chi connectivity index (χ0) is 9.14. The van der Waals surface area contributed by atoms with Crippen LogP contribution in [0.15, 0.2) is 6.07 Å². The molecule has 1 rings (SSSR count). The van der Waals surface area contributed by atoms with Crippen LogP contribution in [0.4, 0.5) is 4.39 Å². The van der Waals surface area contributed by atoms with Crippen molar-refractivity contribution >= 4 is 23.2 Å². The van der Waals surface area contributed by atoms with Crippen molar-refractivity contribution < 1.29 is 4.39 Å². The molecule has 1 atom stereocenters. The van der Waals surface area contributed by atoms with Gasteiger partial charge in [-0.25, -0.2) is 4.39 Å². The number of aromatic nitrogens is 2. The molecule has 0 saturated heterocycles. The quantitative estimate of drug-likeness (QED) is 0.808. The van der Waals surface area contributed by atoms with Gasteiger partial charge in [0.25, 0.3) is 0 Å². The Morgan fingerprint density at radius 3 is 2.75 bits per heavy atom. The molecule has 0 aliphatic rings. The zero-order valence-corrected chi connectivity index (χ0v) is 7.48. The highest BCUT2D eigenvalue weighted by Gasteiger charge is 2.13. The topological polar surface area (TPSA) is 51.8 Å². The van der Waals surface area contributed by atoms with E-state index in [4.69, 9.17) is 28.9 Å². The lowest BCUT2D eigenvalue weighted by molar-refractivity contribution is 0.352. The van der Waals surface area contributed by atoms with Crippen LogP contribution in [0.5, 0.6) is 0 Å². The van der Waals surface area contributed by atoms with E-state index in [-0.39, 0.29) is 22.4 Å².